The first-order chi connectivity index (χ1) is 5.16. The van der Waals surface area contributed by atoms with Gasteiger partial charge in [-0.1, -0.05) is 12.7 Å². The van der Waals surface area contributed by atoms with E-state index in [0.29, 0.717) is 0 Å². The fraction of sp³-hybridized carbons (Fsp3) is 0.300. The summed E-state index contributed by atoms with van der Waals surface area (Å²) in [7, 11) is 0. The Morgan fingerprint density at radius 2 is 2.18 bits per heavy atom. The number of nitrogens with zero attached hydrogens (tertiary/aromatic N) is 1. The number of hydrogen-bond acceptors (Lipinski definition) is 0. The van der Waals surface area contributed by atoms with Gasteiger partial charge in [-0.2, -0.15) is 4.58 Å². The van der Waals surface area contributed by atoms with E-state index in [1.54, 1.807) is 0 Å². The van der Waals surface area contributed by atoms with Gasteiger partial charge < -0.3 is 0 Å². The number of rotatable bonds is 2. The van der Waals surface area contributed by atoms with Crippen molar-refractivity contribution in [2.24, 2.45) is 0 Å². The molecule has 0 bridgehead atoms. The van der Waals surface area contributed by atoms with Crippen LogP contribution in [0.3, 0.4) is 0 Å². The molecule has 1 aliphatic heterocycles. The van der Waals surface area contributed by atoms with Crippen LogP contribution in [0.25, 0.3) is 0 Å². The van der Waals surface area contributed by atoms with E-state index < -0.39 is 0 Å². The molecule has 0 N–H and O–H groups in total. The van der Waals surface area contributed by atoms with Crippen molar-refractivity contribution in [3.05, 3.63) is 36.2 Å². The van der Waals surface area contributed by atoms with Crippen molar-refractivity contribution >= 4 is 5.71 Å². The lowest BCUT2D eigenvalue weighted by Crippen LogP contribution is -2.22. The van der Waals surface area contributed by atoms with Crippen molar-refractivity contribution in [1.82, 2.24) is 0 Å². The molecule has 0 amide bonds. The topological polar surface area (TPSA) is 3.01 Å². The van der Waals surface area contributed by atoms with Gasteiger partial charge in [0.2, 0.25) is 0 Å². The third-order valence-electron chi connectivity index (χ3n) is 1.99. The largest absolute Gasteiger partial charge is 0.193 e. The fourth-order valence-corrected chi connectivity index (χ4v) is 1.12. The molecule has 0 aliphatic carbocycles. The average molecular weight is 148 g/mol. The molecule has 0 saturated heterocycles. The Kier molecular flexibility index (Phi) is 2.08. The molecule has 0 unspecified atom stereocenters. The Labute approximate surface area is 68.1 Å². The van der Waals surface area contributed by atoms with Gasteiger partial charge in [0.15, 0.2) is 17.6 Å². The standard InChI is InChI=1S/C10H14N/c1-5-6-9(3)11-7-8(2)10(11)4/h5-7H,1H2,2-4H3/q+1. The predicted octanol–water partition coefficient (Wildman–Crippen LogP) is 2.47. The predicted molar refractivity (Wildman–Crippen MR) is 48.7 cm³/mol. The molecule has 58 valence electrons. The first-order valence-electron chi connectivity index (χ1n) is 3.77. The van der Waals surface area contributed by atoms with Gasteiger partial charge in [-0.15, -0.1) is 0 Å². The van der Waals surface area contributed by atoms with Crippen LogP contribution in [-0.2, 0) is 0 Å². The van der Waals surface area contributed by atoms with Gasteiger partial charge in [0.1, 0.15) is 0 Å². The minimum absolute atomic E-state index is 1.23. The van der Waals surface area contributed by atoms with E-state index in [0.717, 1.165) is 0 Å². The van der Waals surface area contributed by atoms with Crippen LogP contribution in [0.15, 0.2) is 36.2 Å². The second-order valence-corrected chi connectivity index (χ2v) is 2.81. The van der Waals surface area contributed by atoms with Crippen molar-refractivity contribution in [1.29, 1.82) is 0 Å². The molecular formula is C10H14N+. The van der Waals surface area contributed by atoms with Gasteiger partial charge in [-0.3, -0.25) is 0 Å². The summed E-state index contributed by atoms with van der Waals surface area (Å²) >= 11 is 0. The van der Waals surface area contributed by atoms with Crippen LogP contribution in [0.2, 0.25) is 0 Å². The Hall–Kier alpha value is -1.11. The highest BCUT2D eigenvalue weighted by Crippen LogP contribution is 2.13. The SMILES string of the molecule is C=CC=C(C)[N+]1=C(C)C(C)=C1. The van der Waals surface area contributed by atoms with Gasteiger partial charge in [0.25, 0.3) is 0 Å². The molecule has 0 aromatic rings. The quantitative estimate of drug-likeness (QED) is 0.418. The summed E-state index contributed by atoms with van der Waals surface area (Å²) in [6, 6.07) is 0. The molecule has 11 heavy (non-hydrogen) atoms. The lowest BCUT2D eigenvalue weighted by atomic mass is 10.1. The van der Waals surface area contributed by atoms with Gasteiger partial charge in [-0.25, -0.2) is 0 Å². The zero-order chi connectivity index (χ0) is 8.43. The summed E-state index contributed by atoms with van der Waals surface area (Å²) in [6.45, 7) is 9.97. The first kappa shape index (κ1) is 7.99. The van der Waals surface area contributed by atoms with Crippen LogP contribution in [-0.4, -0.2) is 10.3 Å². The molecule has 0 saturated carbocycles. The van der Waals surface area contributed by atoms with E-state index in [4.69, 9.17) is 0 Å². The summed E-state index contributed by atoms with van der Waals surface area (Å²) < 4.78 is 2.16. The zero-order valence-electron chi connectivity index (χ0n) is 7.39. The zero-order valence-corrected chi connectivity index (χ0v) is 7.39. The Balaban J connectivity index is 2.81. The molecule has 0 spiro atoms. The lowest BCUT2D eigenvalue weighted by molar-refractivity contribution is -0.413. The second kappa shape index (κ2) is 2.87. The Morgan fingerprint density at radius 1 is 1.55 bits per heavy atom. The van der Waals surface area contributed by atoms with Crippen LogP contribution >= 0.6 is 0 Å². The van der Waals surface area contributed by atoms with Crippen LogP contribution in [0.4, 0.5) is 0 Å². The third-order valence-corrected chi connectivity index (χ3v) is 1.99. The highest BCUT2D eigenvalue weighted by atomic mass is 15.0. The van der Waals surface area contributed by atoms with Gasteiger partial charge >= 0.3 is 0 Å². The molecule has 1 aliphatic rings. The molecule has 0 radical (unpaired) electrons. The second-order valence-electron chi connectivity index (χ2n) is 2.81. The van der Waals surface area contributed by atoms with Crippen molar-refractivity contribution in [2.75, 3.05) is 0 Å². The van der Waals surface area contributed by atoms with E-state index >= 15 is 0 Å². The van der Waals surface area contributed by atoms with Crippen LogP contribution in [0, 0.1) is 0 Å². The summed E-state index contributed by atoms with van der Waals surface area (Å²) in [6.07, 6.45) is 5.95. The highest BCUT2D eigenvalue weighted by Gasteiger charge is 2.22. The Bertz CT molecular complexity index is 277. The maximum atomic E-state index is 3.65. The fourth-order valence-electron chi connectivity index (χ4n) is 1.12. The lowest BCUT2D eigenvalue weighted by Gasteiger charge is -2.09. The normalized spacial score (nSPS) is 17.7. The van der Waals surface area contributed by atoms with E-state index in [1.807, 2.05) is 12.2 Å². The van der Waals surface area contributed by atoms with Crippen LogP contribution in [0.1, 0.15) is 20.8 Å². The highest BCUT2D eigenvalue weighted by molar-refractivity contribution is 5.96. The van der Waals surface area contributed by atoms with E-state index in [9.17, 15) is 0 Å². The monoisotopic (exact) mass is 148 g/mol. The number of allylic oxidation sites excluding steroid dienone is 4. The van der Waals surface area contributed by atoms with E-state index in [-0.39, 0.29) is 0 Å². The third kappa shape index (κ3) is 1.32. The molecule has 1 nitrogen and oxygen atoms in total. The summed E-state index contributed by atoms with van der Waals surface area (Å²) in [5, 5.41) is 0. The molecule has 0 atom stereocenters. The van der Waals surface area contributed by atoms with Crippen LogP contribution in [0.5, 0.6) is 0 Å². The molecule has 0 aromatic carbocycles. The molecular weight excluding hydrogens is 134 g/mol. The van der Waals surface area contributed by atoms with Crippen molar-refractivity contribution in [2.45, 2.75) is 20.8 Å². The first-order valence-corrected chi connectivity index (χ1v) is 3.77. The van der Waals surface area contributed by atoms with Gasteiger partial charge in [-0.05, 0) is 6.92 Å². The van der Waals surface area contributed by atoms with Gasteiger partial charge in [0, 0.05) is 19.9 Å². The summed E-state index contributed by atoms with van der Waals surface area (Å²) in [5.74, 6) is 0. The van der Waals surface area contributed by atoms with E-state index in [2.05, 4.69) is 38.1 Å². The van der Waals surface area contributed by atoms with Crippen molar-refractivity contribution in [3.63, 3.8) is 0 Å². The summed E-state index contributed by atoms with van der Waals surface area (Å²) in [4.78, 5) is 0. The Morgan fingerprint density at radius 3 is 2.55 bits per heavy atom. The smallest absolute Gasteiger partial charge is 0.168 e. The minimum atomic E-state index is 1.23. The van der Waals surface area contributed by atoms with Crippen molar-refractivity contribution < 1.29 is 4.58 Å². The molecule has 0 aromatic heterocycles. The maximum Gasteiger partial charge on any atom is 0.193 e. The molecule has 1 heteroatoms. The van der Waals surface area contributed by atoms with Crippen molar-refractivity contribution in [3.8, 4) is 0 Å². The van der Waals surface area contributed by atoms with Gasteiger partial charge in [0.05, 0.1) is 5.57 Å². The maximum absolute atomic E-state index is 3.65. The number of hydrogen-bond donors (Lipinski definition) is 0. The molecule has 1 heterocycles. The molecule has 0 fully saturated rings. The molecule has 1 rings (SSSR count). The van der Waals surface area contributed by atoms with E-state index in [1.165, 1.54) is 17.0 Å². The van der Waals surface area contributed by atoms with Crippen LogP contribution < -0.4 is 0 Å². The minimum Gasteiger partial charge on any atom is -0.168 e. The summed E-state index contributed by atoms with van der Waals surface area (Å²) in [5.41, 5.74) is 3.92. The average Bonchev–Trinajstić information content (AvgIpc) is 1.99.